The highest BCUT2D eigenvalue weighted by Crippen LogP contribution is 2.11. The van der Waals surface area contributed by atoms with E-state index >= 15 is 0 Å². The summed E-state index contributed by atoms with van der Waals surface area (Å²) in [6.45, 7) is 16.2. The predicted molar refractivity (Wildman–Crippen MR) is 86.8 cm³/mol. The van der Waals surface area contributed by atoms with Crippen LogP contribution >= 0.6 is 0 Å². The van der Waals surface area contributed by atoms with Crippen LogP contribution in [-0.4, -0.2) is 62.2 Å². The molecule has 0 bridgehead atoms. The van der Waals surface area contributed by atoms with Crippen molar-refractivity contribution in [3.8, 4) is 0 Å². The maximum Gasteiger partial charge on any atom is 0.0221 e. The molecule has 0 radical (unpaired) electrons. The smallest absolute Gasteiger partial charge is 0.0221 e. The Kier molecular flexibility index (Phi) is 10.6. The molecule has 0 heterocycles. The van der Waals surface area contributed by atoms with Crippen molar-refractivity contribution in [3.05, 3.63) is 0 Å². The molecule has 0 rings (SSSR count). The lowest BCUT2D eigenvalue weighted by molar-refractivity contribution is 0.138. The zero-order valence-corrected chi connectivity index (χ0v) is 14.4. The molecular formula is C16H37N3. The highest BCUT2D eigenvalue weighted by Gasteiger charge is 2.22. The van der Waals surface area contributed by atoms with Crippen LogP contribution in [0.2, 0.25) is 0 Å². The maximum absolute atomic E-state index is 3.70. The first-order valence-electron chi connectivity index (χ1n) is 8.04. The van der Waals surface area contributed by atoms with Crippen LogP contribution in [0.1, 0.15) is 47.5 Å². The highest BCUT2D eigenvalue weighted by atomic mass is 15.2. The highest BCUT2D eigenvalue weighted by molar-refractivity contribution is 4.81. The molecule has 3 nitrogen and oxygen atoms in total. The molecule has 2 atom stereocenters. The quantitative estimate of drug-likeness (QED) is 0.623. The van der Waals surface area contributed by atoms with E-state index in [1.807, 2.05) is 0 Å². The van der Waals surface area contributed by atoms with Crippen LogP contribution in [0, 0.1) is 5.92 Å². The van der Waals surface area contributed by atoms with Crippen molar-refractivity contribution >= 4 is 0 Å². The number of nitrogens with one attached hydrogen (secondary N) is 1. The number of nitrogens with zero attached hydrogens (tertiary/aromatic N) is 2. The van der Waals surface area contributed by atoms with E-state index in [1.165, 1.54) is 19.4 Å². The van der Waals surface area contributed by atoms with Gasteiger partial charge in [-0.1, -0.05) is 27.7 Å². The first-order valence-corrected chi connectivity index (χ1v) is 8.04. The summed E-state index contributed by atoms with van der Waals surface area (Å²) < 4.78 is 0. The maximum atomic E-state index is 3.70. The van der Waals surface area contributed by atoms with E-state index in [4.69, 9.17) is 0 Å². The van der Waals surface area contributed by atoms with Crippen LogP contribution in [0.25, 0.3) is 0 Å². The molecule has 19 heavy (non-hydrogen) atoms. The number of rotatable bonds is 11. The molecule has 0 aliphatic rings. The average molecular weight is 271 g/mol. The summed E-state index contributed by atoms with van der Waals surface area (Å²) in [4.78, 5) is 4.93. The molecule has 2 unspecified atom stereocenters. The van der Waals surface area contributed by atoms with Crippen LogP contribution in [0.4, 0.5) is 0 Å². The molecule has 1 N–H and O–H groups in total. The second-order valence-corrected chi connectivity index (χ2v) is 6.40. The third kappa shape index (κ3) is 8.61. The average Bonchev–Trinajstić information content (AvgIpc) is 2.34. The van der Waals surface area contributed by atoms with Gasteiger partial charge in [0.25, 0.3) is 0 Å². The Morgan fingerprint density at radius 1 is 1.00 bits per heavy atom. The Bertz CT molecular complexity index is 204. The largest absolute Gasteiger partial charge is 0.312 e. The van der Waals surface area contributed by atoms with E-state index in [2.05, 4.69) is 63.8 Å². The lowest BCUT2D eigenvalue weighted by Gasteiger charge is -2.36. The Hall–Kier alpha value is -0.120. The van der Waals surface area contributed by atoms with Gasteiger partial charge in [0, 0.05) is 31.7 Å². The van der Waals surface area contributed by atoms with E-state index in [-0.39, 0.29) is 0 Å². The van der Waals surface area contributed by atoms with Gasteiger partial charge in [-0.05, 0) is 46.3 Å². The monoisotopic (exact) mass is 271 g/mol. The Labute approximate surface area is 121 Å². The van der Waals surface area contributed by atoms with Gasteiger partial charge >= 0.3 is 0 Å². The minimum Gasteiger partial charge on any atom is -0.312 e. The summed E-state index contributed by atoms with van der Waals surface area (Å²) >= 11 is 0. The summed E-state index contributed by atoms with van der Waals surface area (Å²) in [6, 6.07) is 1.22. The fraction of sp³-hybridized carbons (Fsp3) is 1.00. The van der Waals surface area contributed by atoms with Crippen molar-refractivity contribution in [2.45, 2.75) is 59.5 Å². The molecule has 0 aliphatic carbocycles. The van der Waals surface area contributed by atoms with Gasteiger partial charge in [0.1, 0.15) is 0 Å². The first-order chi connectivity index (χ1) is 8.92. The van der Waals surface area contributed by atoms with Crippen LogP contribution in [0.15, 0.2) is 0 Å². The predicted octanol–water partition coefficient (Wildman–Crippen LogP) is 2.67. The zero-order valence-electron chi connectivity index (χ0n) is 14.4. The molecule has 0 fully saturated rings. The van der Waals surface area contributed by atoms with Gasteiger partial charge in [-0.25, -0.2) is 0 Å². The standard InChI is InChI=1S/C16H37N3/c1-8-10-17-16(9-2)15(5)19(13-14(3)4)12-11-18(6)7/h14-17H,8-13H2,1-7H3. The molecular weight excluding hydrogens is 234 g/mol. The number of hydrogen-bond acceptors (Lipinski definition) is 3. The van der Waals surface area contributed by atoms with E-state index in [9.17, 15) is 0 Å². The summed E-state index contributed by atoms with van der Waals surface area (Å²) in [5, 5.41) is 3.70. The van der Waals surface area contributed by atoms with Gasteiger partial charge in [-0.15, -0.1) is 0 Å². The fourth-order valence-corrected chi connectivity index (χ4v) is 2.50. The first kappa shape index (κ1) is 18.9. The minimum atomic E-state index is 0.610. The fourth-order valence-electron chi connectivity index (χ4n) is 2.50. The zero-order chi connectivity index (χ0) is 14.8. The second-order valence-electron chi connectivity index (χ2n) is 6.40. The molecule has 0 amide bonds. The lowest BCUT2D eigenvalue weighted by atomic mass is 10.0. The molecule has 0 aromatic carbocycles. The van der Waals surface area contributed by atoms with Gasteiger partial charge in [-0.2, -0.15) is 0 Å². The van der Waals surface area contributed by atoms with Gasteiger partial charge < -0.3 is 10.2 Å². The number of hydrogen-bond donors (Lipinski definition) is 1. The van der Waals surface area contributed by atoms with E-state index < -0.39 is 0 Å². The Morgan fingerprint density at radius 2 is 1.63 bits per heavy atom. The second kappa shape index (κ2) is 10.6. The van der Waals surface area contributed by atoms with Crippen LogP contribution in [-0.2, 0) is 0 Å². The molecule has 3 heteroatoms. The third-order valence-corrected chi connectivity index (χ3v) is 3.69. The van der Waals surface area contributed by atoms with Crippen molar-refractivity contribution in [2.75, 3.05) is 40.3 Å². The topological polar surface area (TPSA) is 18.5 Å². The minimum absolute atomic E-state index is 0.610. The van der Waals surface area contributed by atoms with Crippen LogP contribution < -0.4 is 5.32 Å². The Balaban J connectivity index is 4.50. The third-order valence-electron chi connectivity index (χ3n) is 3.69. The lowest BCUT2D eigenvalue weighted by Crippen LogP contribution is -2.51. The van der Waals surface area contributed by atoms with Crippen molar-refractivity contribution in [2.24, 2.45) is 5.92 Å². The van der Waals surface area contributed by atoms with Gasteiger partial charge in [0.2, 0.25) is 0 Å². The van der Waals surface area contributed by atoms with Crippen LogP contribution in [0.3, 0.4) is 0 Å². The Morgan fingerprint density at radius 3 is 2.05 bits per heavy atom. The van der Waals surface area contributed by atoms with Crippen molar-refractivity contribution in [3.63, 3.8) is 0 Å². The molecule has 116 valence electrons. The van der Waals surface area contributed by atoms with Crippen LogP contribution in [0.5, 0.6) is 0 Å². The van der Waals surface area contributed by atoms with Gasteiger partial charge in [0.15, 0.2) is 0 Å². The van der Waals surface area contributed by atoms with E-state index in [0.29, 0.717) is 12.1 Å². The summed E-state index contributed by atoms with van der Waals surface area (Å²) in [6.07, 6.45) is 2.42. The van der Waals surface area contributed by atoms with Crippen molar-refractivity contribution in [1.82, 2.24) is 15.1 Å². The molecule has 0 aromatic rings. The molecule has 0 saturated heterocycles. The summed E-state index contributed by atoms with van der Waals surface area (Å²) in [5.74, 6) is 0.730. The van der Waals surface area contributed by atoms with Crippen molar-refractivity contribution < 1.29 is 0 Å². The normalized spacial score (nSPS) is 15.5. The molecule has 0 aliphatic heterocycles. The molecule has 0 saturated carbocycles. The SMILES string of the molecule is CCCNC(CC)C(C)N(CCN(C)C)CC(C)C. The van der Waals surface area contributed by atoms with Crippen molar-refractivity contribution in [1.29, 1.82) is 0 Å². The van der Waals surface area contributed by atoms with E-state index in [0.717, 1.165) is 25.6 Å². The molecule has 0 spiro atoms. The van der Waals surface area contributed by atoms with Gasteiger partial charge in [-0.3, -0.25) is 4.90 Å². The summed E-state index contributed by atoms with van der Waals surface area (Å²) in [7, 11) is 4.32. The molecule has 0 aromatic heterocycles. The van der Waals surface area contributed by atoms with E-state index in [1.54, 1.807) is 0 Å². The summed E-state index contributed by atoms with van der Waals surface area (Å²) in [5.41, 5.74) is 0. The number of likely N-dealkylation sites (N-methyl/N-ethyl adjacent to an activating group) is 1. The van der Waals surface area contributed by atoms with Gasteiger partial charge in [0.05, 0.1) is 0 Å².